The second kappa shape index (κ2) is 12.3. The number of benzene rings is 1. The van der Waals surface area contributed by atoms with Crippen LogP contribution in [0.15, 0.2) is 40.4 Å². The molecule has 0 saturated heterocycles. The second-order valence-electron chi connectivity index (χ2n) is 9.70. The molecule has 3 aromatic heterocycles. The lowest BCUT2D eigenvalue weighted by Gasteiger charge is -2.14. The number of fused-ring (bicyclic) bond motifs is 1. The first-order chi connectivity index (χ1) is 20.2. The molecule has 10 nitrogen and oxygen atoms in total. The third-order valence-electron chi connectivity index (χ3n) is 6.34. The Labute approximate surface area is 238 Å². The highest BCUT2D eigenvalue weighted by molar-refractivity contribution is 5.82. The first-order valence-corrected chi connectivity index (χ1v) is 13.0. The quantitative estimate of drug-likeness (QED) is 0.192. The van der Waals surface area contributed by atoms with Crippen LogP contribution in [0.2, 0.25) is 0 Å². The number of nitrogen functional groups attached to an aromatic ring is 1. The molecule has 1 aromatic carbocycles. The molecule has 0 unspecified atom stereocenters. The van der Waals surface area contributed by atoms with Gasteiger partial charge < -0.3 is 11.1 Å². The average Bonchev–Trinajstić information content (AvgIpc) is 3.73. The van der Waals surface area contributed by atoms with Crippen molar-refractivity contribution in [1.29, 1.82) is 0 Å². The van der Waals surface area contributed by atoms with Crippen molar-refractivity contribution in [2.45, 2.75) is 64.0 Å². The van der Waals surface area contributed by atoms with E-state index in [1.165, 1.54) is 17.0 Å². The minimum absolute atomic E-state index is 0.0851. The van der Waals surface area contributed by atoms with Gasteiger partial charge in [0, 0.05) is 18.8 Å². The maximum Gasteiger partial charge on any atom is 0.423 e. The van der Waals surface area contributed by atoms with Crippen LogP contribution in [0.5, 0.6) is 0 Å². The first kappa shape index (κ1) is 31.4. The molecule has 1 saturated carbocycles. The van der Waals surface area contributed by atoms with Crippen molar-refractivity contribution in [3.8, 4) is 11.4 Å². The molecular formula is C26H25F7N8O2. The van der Waals surface area contributed by atoms with Gasteiger partial charge in [-0.3, -0.25) is 14.2 Å². The molecule has 0 amide bonds. The fourth-order valence-corrected chi connectivity index (χ4v) is 4.00. The minimum atomic E-state index is -4.74. The van der Waals surface area contributed by atoms with E-state index >= 15 is 0 Å². The zero-order valence-corrected chi connectivity index (χ0v) is 22.5. The Balaban J connectivity index is 0.000000296. The van der Waals surface area contributed by atoms with E-state index in [2.05, 4.69) is 25.4 Å². The SMILES string of the molecule is CCCCCn1cnc2cc(-c3ncc(C(F)(F)F)c(NC4CC4)n3)c(F)cc2c1=O.Nc1cn[nH]c(=O)c1C(F)(F)F. The van der Waals surface area contributed by atoms with Crippen molar-refractivity contribution in [2.24, 2.45) is 0 Å². The second-order valence-corrected chi connectivity index (χ2v) is 9.70. The van der Waals surface area contributed by atoms with Crippen LogP contribution in [0.3, 0.4) is 0 Å². The van der Waals surface area contributed by atoms with E-state index in [1.807, 2.05) is 6.92 Å². The molecule has 1 fully saturated rings. The highest BCUT2D eigenvalue weighted by atomic mass is 19.4. The summed E-state index contributed by atoms with van der Waals surface area (Å²) in [6, 6.07) is 2.26. The van der Waals surface area contributed by atoms with E-state index in [-0.39, 0.29) is 39.7 Å². The van der Waals surface area contributed by atoms with Gasteiger partial charge in [-0.05, 0) is 31.4 Å². The molecule has 0 radical (unpaired) electrons. The molecule has 4 aromatic rings. The molecule has 17 heteroatoms. The van der Waals surface area contributed by atoms with Crippen LogP contribution in [-0.4, -0.2) is 35.8 Å². The van der Waals surface area contributed by atoms with Gasteiger partial charge in [0.2, 0.25) is 0 Å². The monoisotopic (exact) mass is 614 g/mol. The fraction of sp³-hybridized carbons (Fsp3) is 0.385. The molecule has 5 rings (SSSR count). The van der Waals surface area contributed by atoms with E-state index in [4.69, 9.17) is 5.73 Å². The van der Waals surface area contributed by atoms with E-state index < -0.39 is 40.5 Å². The summed E-state index contributed by atoms with van der Waals surface area (Å²) >= 11 is 0. The fourth-order valence-electron chi connectivity index (χ4n) is 4.00. The summed E-state index contributed by atoms with van der Waals surface area (Å²) in [5.74, 6) is -1.38. The number of alkyl halides is 6. The van der Waals surface area contributed by atoms with E-state index in [0.717, 1.165) is 44.4 Å². The number of nitrogens with zero attached hydrogens (tertiary/aromatic N) is 5. The Morgan fingerprint density at radius 3 is 2.35 bits per heavy atom. The number of unbranched alkanes of at least 4 members (excludes halogenated alkanes) is 2. The third kappa shape index (κ3) is 7.45. The normalized spacial score (nSPS) is 13.5. The number of hydrogen-bond donors (Lipinski definition) is 3. The number of nitrogens with two attached hydrogens (primary N) is 1. The summed E-state index contributed by atoms with van der Waals surface area (Å²) in [5.41, 5.74) is 0.242. The summed E-state index contributed by atoms with van der Waals surface area (Å²) in [6.07, 6.45) is -2.33. The molecular weight excluding hydrogens is 589 g/mol. The molecule has 4 N–H and O–H groups in total. The number of halogens is 7. The number of aromatic nitrogens is 6. The third-order valence-corrected chi connectivity index (χ3v) is 6.34. The molecule has 3 heterocycles. The summed E-state index contributed by atoms with van der Waals surface area (Å²) < 4.78 is 92.1. The van der Waals surface area contributed by atoms with Gasteiger partial charge in [-0.15, -0.1) is 0 Å². The molecule has 43 heavy (non-hydrogen) atoms. The van der Waals surface area contributed by atoms with Crippen LogP contribution in [-0.2, 0) is 18.9 Å². The molecule has 230 valence electrons. The number of anilines is 2. The van der Waals surface area contributed by atoms with Gasteiger partial charge in [0.05, 0.1) is 34.7 Å². The van der Waals surface area contributed by atoms with E-state index in [0.29, 0.717) is 12.7 Å². The highest BCUT2D eigenvalue weighted by Gasteiger charge is 2.37. The van der Waals surface area contributed by atoms with Crippen molar-refractivity contribution in [1.82, 2.24) is 29.7 Å². The number of aryl methyl sites for hydroxylation is 1. The van der Waals surface area contributed by atoms with Crippen molar-refractivity contribution in [2.75, 3.05) is 11.1 Å². The molecule has 1 aliphatic rings. The summed E-state index contributed by atoms with van der Waals surface area (Å²) in [7, 11) is 0. The van der Waals surface area contributed by atoms with Gasteiger partial charge >= 0.3 is 12.4 Å². The summed E-state index contributed by atoms with van der Waals surface area (Å²) in [5, 5.41) is 7.57. The van der Waals surface area contributed by atoms with Gasteiger partial charge in [-0.1, -0.05) is 19.8 Å². The number of nitrogens with one attached hydrogen (secondary N) is 2. The topological polar surface area (TPSA) is 144 Å². The van der Waals surface area contributed by atoms with Crippen molar-refractivity contribution >= 4 is 22.4 Å². The Morgan fingerprint density at radius 2 is 1.77 bits per heavy atom. The maximum atomic E-state index is 14.9. The first-order valence-electron chi connectivity index (χ1n) is 13.0. The van der Waals surface area contributed by atoms with Crippen molar-refractivity contribution in [3.05, 3.63) is 68.5 Å². The van der Waals surface area contributed by atoms with Crippen molar-refractivity contribution < 1.29 is 30.7 Å². The number of H-pyrrole nitrogens is 1. The Morgan fingerprint density at radius 1 is 1.05 bits per heavy atom. The number of aromatic amines is 1. The smallest absolute Gasteiger partial charge is 0.397 e. The van der Waals surface area contributed by atoms with Crippen LogP contribution >= 0.6 is 0 Å². The van der Waals surface area contributed by atoms with Gasteiger partial charge in [0.15, 0.2) is 5.82 Å². The predicted octanol–water partition coefficient (Wildman–Crippen LogP) is 5.15. The van der Waals surface area contributed by atoms with Crippen molar-refractivity contribution in [3.63, 3.8) is 0 Å². The average molecular weight is 615 g/mol. The highest BCUT2D eigenvalue weighted by Crippen LogP contribution is 2.37. The molecule has 0 spiro atoms. The van der Waals surface area contributed by atoms with Gasteiger partial charge in [0.1, 0.15) is 22.8 Å². The summed E-state index contributed by atoms with van der Waals surface area (Å²) in [6.45, 7) is 2.53. The number of hydrogen-bond acceptors (Lipinski definition) is 8. The Kier molecular flexibility index (Phi) is 9.01. The lowest BCUT2D eigenvalue weighted by molar-refractivity contribution is -0.138. The number of rotatable bonds is 7. The molecule has 0 aliphatic heterocycles. The molecule has 0 bridgehead atoms. The van der Waals surface area contributed by atoms with Crippen LogP contribution in [0, 0.1) is 5.82 Å². The Hall–Kier alpha value is -4.57. The van der Waals surface area contributed by atoms with Crippen LogP contribution in [0.1, 0.15) is 50.2 Å². The summed E-state index contributed by atoms with van der Waals surface area (Å²) in [4.78, 5) is 35.1. The molecule has 0 atom stereocenters. The van der Waals surface area contributed by atoms with E-state index in [1.54, 1.807) is 5.10 Å². The minimum Gasteiger partial charge on any atom is -0.397 e. The zero-order valence-electron chi connectivity index (χ0n) is 22.5. The largest absolute Gasteiger partial charge is 0.423 e. The standard InChI is InChI=1S/C21H21F4N5O.C5H4F3N3O/c1-2-3-4-7-30-11-27-17-9-13(16(22)8-14(17)20(30)31)18-26-10-15(21(23,24)25)19(29-18)28-12-5-6-12;6-5(7,8)3-2(9)1-10-11-4(3)12/h8-12H,2-7H2,1H3,(H,26,28,29);1H,(H3,9,11,12). The van der Waals surface area contributed by atoms with Crippen LogP contribution in [0.4, 0.5) is 42.2 Å². The zero-order chi connectivity index (χ0) is 31.5. The van der Waals surface area contributed by atoms with Gasteiger partial charge in [-0.2, -0.15) is 31.4 Å². The predicted molar refractivity (Wildman–Crippen MR) is 142 cm³/mol. The Bertz CT molecular complexity index is 1730. The molecule has 1 aliphatic carbocycles. The van der Waals surface area contributed by atoms with Crippen LogP contribution < -0.4 is 22.2 Å². The van der Waals surface area contributed by atoms with Crippen LogP contribution in [0.25, 0.3) is 22.3 Å². The van der Waals surface area contributed by atoms with Gasteiger partial charge in [-0.25, -0.2) is 24.4 Å². The lowest BCUT2D eigenvalue weighted by atomic mass is 10.1. The lowest BCUT2D eigenvalue weighted by Crippen LogP contribution is -2.24. The van der Waals surface area contributed by atoms with E-state index in [9.17, 15) is 40.3 Å². The van der Waals surface area contributed by atoms with Gasteiger partial charge in [0.25, 0.3) is 11.1 Å². The maximum absolute atomic E-state index is 14.9.